The lowest BCUT2D eigenvalue weighted by Gasteiger charge is -2.23. The molecule has 1 aromatic heterocycles. The van der Waals surface area contributed by atoms with Gasteiger partial charge in [-0.15, -0.1) is 11.3 Å². The second-order valence-electron chi connectivity index (χ2n) is 5.71. The summed E-state index contributed by atoms with van der Waals surface area (Å²) >= 11 is 1.71. The third-order valence-corrected chi connectivity index (χ3v) is 4.88. The fourth-order valence-corrected chi connectivity index (χ4v) is 3.17. The zero-order valence-electron chi connectivity index (χ0n) is 15.0. The molecule has 2 aromatic rings. The highest BCUT2D eigenvalue weighted by molar-refractivity contribution is 7.10. The van der Waals surface area contributed by atoms with Crippen molar-refractivity contribution < 1.29 is 14.3 Å². The maximum absolute atomic E-state index is 12.0. The molecule has 6 heteroatoms. The van der Waals surface area contributed by atoms with Crippen molar-refractivity contribution in [2.24, 2.45) is 0 Å². The van der Waals surface area contributed by atoms with E-state index in [2.05, 4.69) is 23.7 Å². The first kappa shape index (κ1) is 19.3. The Bertz CT molecular complexity index is 629. The molecule has 0 spiro atoms. The molecule has 1 aromatic carbocycles. The lowest BCUT2D eigenvalue weighted by molar-refractivity contribution is -0.122. The number of amides is 1. The predicted molar refractivity (Wildman–Crippen MR) is 101 cm³/mol. The summed E-state index contributed by atoms with van der Waals surface area (Å²) in [6.07, 6.45) is 0. The topological polar surface area (TPSA) is 50.8 Å². The first-order valence-corrected chi connectivity index (χ1v) is 9.34. The van der Waals surface area contributed by atoms with Crippen molar-refractivity contribution in [1.29, 1.82) is 0 Å². The zero-order valence-corrected chi connectivity index (χ0v) is 15.8. The average molecular weight is 362 g/mol. The Balaban J connectivity index is 1.64. The Morgan fingerprint density at radius 1 is 1.20 bits per heavy atom. The van der Waals surface area contributed by atoms with Crippen molar-refractivity contribution in [2.75, 3.05) is 33.4 Å². The number of hydrogen-bond acceptors (Lipinski definition) is 5. The van der Waals surface area contributed by atoms with Gasteiger partial charge in [0.2, 0.25) is 5.91 Å². The molecule has 2 rings (SSSR count). The van der Waals surface area contributed by atoms with E-state index >= 15 is 0 Å². The van der Waals surface area contributed by atoms with Crippen molar-refractivity contribution in [3.05, 3.63) is 46.7 Å². The van der Waals surface area contributed by atoms with Crippen molar-refractivity contribution in [1.82, 2.24) is 10.2 Å². The van der Waals surface area contributed by atoms with Gasteiger partial charge in [0.15, 0.2) is 0 Å². The minimum Gasteiger partial charge on any atom is -0.494 e. The molecule has 0 radical (unpaired) electrons. The van der Waals surface area contributed by atoms with Gasteiger partial charge in [-0.25, -0.2) is 0 Å². The van der Waals surface area contributed by atoms with Gasteiger partial charge in [-0.1, -0.05) is 6.07 Å². The van der Waals surface area contributed by atoms with Crippen LogP contribution >= 0.6 is 11.3 Å². The summed E-state index contributed by atoms with van der Waals surface area (Å²) in [7, 11) is 1.96. The Morgan fingerprint density at radius 2 is 1.88 bits per heavy atom. The summed E-state index contributed by atoms with van der Waals surface area (Å²) in [4.78, 5) is 15.3. The number of carbonyl (C=O) groups is 1. The van der Waals surface area contributed by atoms with Crippen molar-refractivity contribution >= 4 is 17.2 Å². The van der Waals surface area contributed by atoms with Gasteiger partial charge >= 0.3 is 0 Å². The number of benzene rings is 1. The summed E-state index contributed by atoms with van der Waals surface area (Å²) in [5, 5.41) is 4.94. The maximum Gasteiger partial charge on any atom is 0.234 e. The summed E-state index contributed by atoms with van der Waals surface area (Å²) in [6.45, 7) is 5.98. The summed E-state index contributed by atoms with van der Waals surface area (Å²) in [5.41, 5.74) is 0. The number of rotatable bonds is 10. The second-order valence-corrected chi connectivity index (χ2v) is 6.69. The summed E-state index contributed by atoms with van der Waals surface area (Å²) < 4.78 is 11.0. The average Bonchev–Trinajstić information content (AvgIpc) is 3.14. The molecule has 25 heavy (non-hydrogen) atoms. The van der Waals surface area contributed by atoms with Crippen LogP contribution in [0.2, 0.25) is 0 Å². The maximum atomic E-state index is 12.0. The van der Waals surface area contributed by atoms with Crippen molar-refractivity contribution in [3.8, 4) is 11.5 Å². The fraction of sp³-hybridized carbons (Fsp3) is 0.421. The van der Waals surface area contributed by atoms with Crippen LogP contribution in [0.15, 0.2) is 41.8 Å². The van der Waals surface area contributed by atoms with E-state index in [1.54, 1.807) is 11.3 Å². The minimum atomic E-state index is 0.00111. The van der Waals surface area contributed by atoms with Gasteiger partial charge in [-0.2, -0.15) is 0 Å². The number of hydrogen-bond donors (Lipinski definition) is 1. The number of likely N-dealkylation sites (N-methyl/N-ethyl adjacent to an activating group) is 1. The molecule has 1 atom stereocenters. The number of ether oxygens (including phenoxy) is 2. The predicted octanol–water partition coefficient (Wildman–Crippen LogP) is 3.33. The van der Waals surface area contributed by atoms with Gasteiger partial charge in [0.05, 0.1) is 19.7 Å². The van der Waals surface area contributed by atoms with Gasteiger partial charge in [0, 0.05) is 10.9 Å². The Hall–Kier alpha value is -2.05. The molecule has 1 heterocycles. The van der Waals surface area contributed by atoms with Gasteiger partial charge < -0.3 is 14.8 Å². The molecule has 0 aliphatic carbocycles. The van der Waals surface area contributed by atoms with E-state index in [1.807, 2.05) is 49.2 Å². The monoisotopic (exact) mass is 362 g/mol. The Morgan fingerprint density at radius 3 is 2.48 bits per heavy atom. The highest BCUT2D eigenvalue weighted by Gasteiger charge is 2.15. The summed E-state index contributed by atoms with van der Waals surface area (Å²) in [6, 6.07) is 11.8. The van der Waals surface area contributed by atoms with Crippen molar-refractivity contribution in [3.63, 3.8) is 0 Å². The highest BCUT2D eigenvalue weighted by Crippen LogP contribution is 2.22. The van der Waals surface area contributed by atoms with Crippen LogP contribution in [0.4, 0.5) is 0 Å². The zero-order chi connectivity index (χ0) is 18.1. The summed E-state index contributed by atoms with van der Waals surface area (Å²) in [5.74, 6) is 1.59. The molecule has 0 bridgehead atoms. The van der Waals surface area contributed by atoms with Crippen LogP contribution in [-0.4, -0.2) is 44.2 Å². The molecule has 0 saturated heterocycles. The number of nitrogens with one attached hydrogen (secondary N) is 1. The van der Waals surface area contributed by atoms with Crippen LogP contribution in [0.25, 0.3) is 0 Å². The van der Waals surface area contributed by atoms with Crippen LogP contribution in [0.5, 0.6) is 11.5 Å². The van der Waals surface area contributed by atoms with Crippen LogP contribution in [0.3, 0.4) is 0 Å². The molecule has 1 unspecified atom stereocenters. The van der Waals surface area contributed by atoms with Gasteiger partial charge in [0.1, 0.15) is 18.1 Å². The SMILES string of the molecule is CCOc1ccc(OCCNC(=O)CN(C)C(C)c2cccs2)cc1. The second kappa shape index (κ2) is 10.1. The van der Waals surface area contributed by atoms with E-state index in [0.717, 1.165) is 11.5 Å². The first-order chi connectivity index (χ1) is 12.1. The van der Waals surface area contributed by atoms with E-state index in [0.29, 0.717) is 26.3 Å². The largest absolute Gasteiger partial charge is 0.494 e. The van der Waals surface area contributed by atoms with E-state index in [9.17, 15) is 4.79 Å². The lowest BCUT2D eigenvalue weighted by Crippen LogP contribution is -2.37. The van der Waals surface area contributed by atoms with Gasteiger partial charge in [0.25, 0.3) is 0 Å². The number of nitrogens with zero attached hydrogens (tertiary/aromatic N) is 1. The normalized spacial score (nSPS) is 12.0. The molecule has 0 aliphatic heterocycles. The molecule has 1 amide bonds. The molecule has 0 saturated carbocycles. The van der Waals surface area contributed by atoms with Crippen LogP contribution in [0.1, 0.15) is 24.8 Å². The molecular formula is C19H26N2O3S. The van der Waals surface area contributed by atoms with E-state index in [1.165, 1.54) is 4.88 Å². The fourth-order valence-electron chi connectivity index (χ4n) is 2.32. The molecule has 0 fully saturated rings. The first-order valence-electron chi connectivity index (χ1n) is 8.46. The minimum absolute atomic E-state index is 0.00111. The van der Waals surface area contributed by atoms with Crippen LogP contribution in [-0.2, 0) is 4.79 Å². The van der Waals surface area contributed by atoms with Crippen LogP contribution in [0, 0.1) is 0 Å². The Kier molecular flexibility index (Phi) is 7.76. The van der Waals surface area contributed by atoms with E-state index < -0.39 is 0 Å². The molecular weight excluding hydrogens is 336 g/mol. The lowest BCUT2D eigenvalue weighted by atomic mass is 10.2. The molecule has 5 nitrogen and oxygen atoms in total. The molecule has 1 N–H and O–H groups in total. The number of thiophene rings is 1. The third-order valence-electron chi connectivity index (χ3n) is 3.84. The van der Waals surface area contributed by atoms with Crippen LogP contribution < -0.4 is 14.8 Å². The Labute approximate surface area is 153 Å². The van der Waals surface area contributed by atoms with E-state index in [-0.39, 0.29) is 11.9 Å². The third kappa shape index (κ3) is 6.40. The standard InChI is InChI=1S/C19H26N2O3S/c1-4-23-16-7-9-17(10-8-16)24-12-11-20-19(22)14-21(3)15(2)18-6-5-13-25-18/h5-10,13,15H,4,11-12,14H2,1-3H3,(H,20,22). The van der Waals surface area contributed by atoms with Gasteiger partial charge in [-0.3, -0.25) is 9.69 Å². The smallest absolute Gasteiger partial charge is 0.234 e. The van der Waals surface area contributed by atoms with E-state index in [4.69, 9.17) is 9.47 Å². The quantitative estimate of drug-likeness (QED) is 0.659. The molecule has 136 valence electrons. The van der Waals surface area contributed by atoms with Crippen molar-refractivity contribution in [2.45, 2.75) is 19.9 Å². The number of carbonyl (C=O) groups excluding carboxylic acids is 1. The highest BCUT2D eigenvalue weighted by atomic mass is 32.1. The van der Waals surface area contributed by atoms with Gasteiger partial charge in [-0.05, 0) is 56.6 Å². The molecule has 0 aliphatic rings.